The molecule has 1 atom stereocenters. The quantitative estimate of drug-likeness (QED) is 0.907. The van der Waals surface area contributed by atoms with Crippen molar-refractivity contribution in [2.45, 2.75) is 65.0 Å². The number of hydrogen-bond acceptors (Lipinski definition) is 5. The van der Waals surface area contributed by atoms with Crippen LogP contribution in [0.25, 0.3) is 0 Å². The molecule has 1 saturated heterocycles. The van der Waals surface area contributed by atoms with E-state index in [1.165, 1.54) is 0 Å². The van der Waals surface area contributed by atoms with Crippen molar-refractivity contribution in [1.29, 1.82) is 0 Å². The molecule has 1 unspecified atom stereocenters. The summed E-state index contributed by atoms with van der Waals surface area (Å²) < 4.78 is 5.29. The topological polar surface area (TPSA) is 67.3 Å². The van der Waals surface area contributed by atoms with Gasteiger partial charge in [-0.3, -0.25) is 0 Å². The summed E-state index contributed by atoms with van der Waals surface area (Å²) in [5, 5.41) is 2.91. The minimum Gasteiger partial charge on any atom is -0.444 e. The number of nitrogens with one attached hydrogen (secondary N) is 1. The van der Waals surface area contributed by atoms with Crippen LogP contribution in [0.3, 0.4) is 0 Å². The van der Waals surface area contributed by atoms with Crippen molar-refractivity contribution in [1.82, 2.24) is 15.3 Å². The van der Waals surface area contributed by atoms with Crippen LogP contribution in [0.15, 0.2) is 12.4 Å². The number of nitrogens with zero attached hydrogens (tertiary/aromatic N) is 3. The van der Waals surface area contributed by atoms with Crippen LogP contribution in [0.4, 0.5) is 10.7 Å². The van der Waals surface area contributed by atoms with Crippen LogP contribution in [0.2, 0.25) is 0 Å². The van der Waals surface area contributed by atoms with Crippen molar-refractivity contribution in [3.63, 3.8) is 0 Å². The van der Waals surface area contributed by atoms with Gasteiger partial charge in [0.2, 0.25) is 5.95 Å². The Kier molecular flexibility index (Phi) is 4.82. The summed E-state index contributed by atoms with van der Waals surface area (Å²) in [5.41, 5.74) is 0.683. The molecule has 0 spiro atoms. The van der Waals surface area contributed by atoms with Crippen LogP contribution in [0, 0.1) is 0 Å². The van der Waals surface area contributed by atoms with E-state index in [2.05, 4.69) is 41.0 Å². The average molecular weight is 320 g/mol. The largest absolute Gasteiger partial charge is 0.444 e. The number of ether oxygens (including phenoxy) is 1. The highest BCUT2D eigenvalue weighted by Gasteiger charge is 2.27. The highest BCUT2D eigenvalue weighted by Crippen LogP contribution is 2.22. The monoisotopic (exact) mass is 320 g/mol. The molecule has 128 valence electrons. The second-order valence-electron chi connectivity index (χ2n) is 8.10. The van der Waals surface area contributed by atoms with Gasteiger partial charge in [-0.2, -0.15) is 0 Å². The summed E-state index contributed by atoms with van der Waals surface area (Å²) in [6.45, 7) is 13.5. The number of aromatic nitrogens is 2. The Labute approximate surface area is 138 Å². The van der Waals surface area contributed by atoms with Gasteiger partial charge in [0.1, 0.15) is 5.60 Å². The van der Waals surface area contributed by atoms with E-state index in [4.69, 9.17) is 4.74 Å². The number of anilines is 1. The highest BCUT2D eigenvalue weighted by molar-refractivity contribution is 5.68. The minimum absolute atomic E-state index is 0.0460. The molecule has 1 aromatic rings. The van der Waals surface area contributed by atoms with Crippen molar-refractivity contribution in [3.05, 3.63) is 18.0 Å². The normalized spacial score (nSPS) is 18.9. The van der Waals surface area contributed by atoms with Crippen molar-refractivity contribution >= 4 is 12.0 Å². The first kappa shape index (κ1) is 17.5. The van der Waals surface area contributed by atoms with E-state index in [1.807, 2.05) is 33.2 Å². The highest BCUT2D eigenvalue weighted by atomic mass is 16.6. The fraction of sp³-hybridized carbons (Fsp3) is 0.706. The van der Waals surface area contributed by atoms with E-state index in [0.29, 0.717) is 12.5 Å². The van der Waals surface area contributed by atoms with Gasteiger partial charge in [0, 0.05) is 25.5 Å². The lowest BCUT2D eigenvalue weighted by molar-refractivity contribution is 0.0509. The molecular formula is C17H28N4O2. The number of alkyl carbamates (subject to hydrolysis) is 1. The summed E-state index contributed by atoms with van der Waals surface area (Å²) in [6, 6.07) is 0.0655. The lowest BCUT2D eigenvalue weighted by Gasteiger charge is -2.22. The number of hydrogen-bond donors (Lipinski definition) is 1. The predicted molar refractivity (Wildman–Crippen MR) is 90.7 cm³/mol. The molecule has 1 aliphatic rings. The molecule has 0 aromatic carbocycles. The number of amides is 1. The third-order valence-corrected chi connectivity index (χ3v) is 3.70. The molecule has 2 heterocycles. The number of carbonyl (C=O) groups is 1. The van der Waals surface area contributed by atoms with Crippen molar-refractivity contribution < 1.29 is 9.53 Å². The van der Waals surface area contributed by atoms with E-state index < -0.39 is 5.60 Å². The second kappa shape index (κ2) is 6.34. The molecule has 1 N–H and O–H groups in total. The summed E-state index contributed by atoms with van der Waals surface area (Å²) >= 11 is 0. The van der Waals surface area contributed by atoms with Crippen molar-refractivity contribution in [2.24, 2.45) is 0 Å². The molecule has 1 fully saturated rings. The zero-order valence-electron chi connectivity index (χ0n) is 15.0. The lowest BCUT2D eigenvalue weighted by Crippen LogP contribution is -2.40. The maximum absolute atomic E-state index is 11.8. The Balaban J connectivity index is 1.91. The van der Waals surface area contributed by atoms with Crippen molar-refractivity contribution in [2.75, 3.05) is 18.0 Å². The molecule has 23 heavy (non-hydrogen) atoms. The number of rotatable bonds is 2. The molecule has 6 heteroatoms. The molecule has 0 aliphatic carbocycles. The molecule has 0 radical (unpaired) electrons. The molecule has 0 saturated carbocycles. The van der Waals surface area contributed by atoms with Gasteiger partial charge >= 0.3 is 6.09 Å². The van der Waals surface area contributed by atoms with Crippen LogP contribution in [0.1, 0.15) is 53.5 Å². The fourth-order valence-corrected chi connectivity index (χ4v) is 2.41. The predicted octanol–water partition coefficient (Wildman–Crippen LogP) is 2.88. The second-order valence-corrected chi connectivity index (χ2v) is 8.10. The first-order chi connectivity index (χ1) is 10.5. The van der Waals surface area contributed by atoms with Gasteiger partial charge in [0.15, 0.2) is 0 Å². The summed E-state index contributed by atoms with van der Waals surface area (Å²) in [7, 11) is 0. The minimum atomic E-state index is -0.478. The average Bonchev–Trinajstić information content (AvgIpc) is 2.84. The zero-order chi connectivity index (χ0) is 17.3. The first-order valence-electron chi connectivity index (χ1n) is 8.11. The number of carbonyl (C=O) groups excluding carboxylic acids is 1. The Hall–Kier alpha value is -1.85. The summed E-state index contributed by atoms with van der Waals surface area (Å²) in [6.07, 6.45) is 4.27. The SMILES string of the molecule is CC(C)(C)OC(=O)NC1CCN(c2ncc(C(C)(C)C)cn2)C1. The lowest BCUT2D eigenvalue weighted by atomic mass is 9.89. The molecule has 1 aliphatic heterocycles. The molecule has 1 aromatic heterocycles. The van der Waals surface area contributed by atoms with Gasteiger partial charge in [-0.05, 0) is 38.2 Å². The van der Waals surface area contributed by atoms with E-state index in [1.54, 1.807) is 0 Å². The van der Waals surface area contributed by atoms with Gasteiger partial charge in [0.25, 0.3) is 0 Å². The summed E-state index contributed by atoms with van der Waals surface area (Å²) in [4.78, 5) is 22.9. The zero-order valence-corrected chi connectivity index (χ0v) is 15.0. The molecule has 6 nitrogen and oxygen atoms in total. The van der Waals surface area contributed by atoms with E-state index in [9.17, 15) is 4.79 Å². The van der Waals surface area contributed by atoms with Crippen LogP contribution in [-0.4, -0.2) is 40.8 Å². The standard InChI is InChI=1S/C17H28N4O2/c1-16(2,3)12-9-18-14(19-10-12)21-8-7-13(11-21)20-15(22)23-17(4,5)6/h9-10,13H,7-8,11H2,1-6H3,(H,20,22). The van der Waals surface area contributed by atoms with Gasteiger partial charge in [-0.25, -0.2) is 14.8 Å². The van der Waals surface area contributed by atoms with Gasteiger partial charge < -0.3 is 15.0 Å². The summed E-state index contributed by atoms with van der Waals surface area (Å²) in [5.74, 6) is 0.714. The fourth-order valence-electron chi connectivity index (χ4n) is 2.41. The Morgan fingerprint density at radius 1 is 1.22 bits per heavy atom. The van der Waals surface area contributed by atoms with Gasteiger partial charge in [-0.15, -0.1) is 0 Å². The van der Waals surface area contributed by atoms with Gasteiger partial charge in [-0.1, -0.05) is 20.8 Å². The Morgan fingerprint density at radius 3 is 2.35 bits per heavy atom. The first-order valence-corrected chi connectivity index (χ1v) is 8.11. The molecule has 0 bridgehead atoms. The third kappa shape index (κ3) is 5.08. The van der Waals surface area contributed by atoms with E-state index in [0.717, 1.165) is 18.5 Å². The van der Waals surface area contributed by atoms with Crippen molar-refractivity contribution in [3.8, 4) is 0 Å². The molecule has 1 amide bonds. The van der Waals surface area contributed by atoms with Gasteiger partial charge in [0.05, 0.1) is 6.04 Å². The Morgan fingerprint density at radius 2 is 1.83 bits per heavy atom. The van der Waals surface area contributed by atoms with Crippen LogP contribution in [0.5, 0.6) is 0 Å². The third-order valence-electron chi connectivity index (χ3n) is 3.70. The molecular weight excluding hydrogens is 292 g/mol. The maximum atomic E-state index is 11.8. The van der Waals surface area contributed by atoms with Crippen LogP contribution >= 0.6 is 0 Å². The Bertz CT molecular complexity index is 543. The maximum Gasteiger partial charge on any atom is 0.407 e. The smallest absolute Gasteiger partial charge is 0.407 e. The molecule has 2 rings (SSSR count). The van der Waals surface area contributed by atoms with E-state index >= 15 is 0 Å². The van der Waals surface area contributed by atoms with Crippen LogP contribution < -0.4 is 10.2 Å². The van der Waals surface area contributed by atoms with E-state index in [-0.39, 0.29) is 17.6 Å². The van der Waals surface area contributed by atoms with Crippen LogP contribution in [-0.2, 0) is 10.2 Å².